The van der Waals surface area contributed by atoms with Gasteiger partial charge in [-0.2, -0.15) is 13.2 Å². The van der Waals surface area contributed by atoms with Gasteiger partial charge in [0.25, 0.3) is 0 Å². The first kappa shape index (κ1) is 13.1. The van der Waals surface area contributed by atoms with Crippen LogP contribution in [-0.2, 0) is 6.54 Å². The fraction of sp³-hybridized carbons (Fsp3) is 0.600. The van der Waals surface area contributed by atoms with Gasteiger partial charge in [0.15, 0.2) is 0 Å². The van der Waals surface area contributed by atoms with Crippen molar-refractivity contribution in [3.05, 3.63) is 24.2 Å². The summed E-state index contributed by atoms with van der Waals surface area (Å²) in [5.74, 6) is 0.484. The molecular formula is C10H15F3N2O. The van der Waals surface area contributed by atoms with Gasteiger partial charge >= 0.3 is 6.18 Å². The van der Waals surface area contributed by atoms with E-state index in [1.54, 1.807) is 12.1 Å². The average molecular weight is 236 g/mol. The third-order valence-corrected chi connectivity index (χ3v) is 2.29. The summed E-state index contributed by atoms with van der Waals surface area (Å²) in [6.07, 6.45) is -2.91. The standard InChI is InChI=1S/C10H15F3N2O/c1-7(14)9(10(11,12)13)15(2)6-8-4-3-5-16-8/h3-5,7,9H,6,14H2,1-2H3. The summed E-state index contributed by atoms with van der Waals surface area (Å²) in [7, 11) is 1.38. The van der Waals surface area contributed by atoms with Gasteiger partial charge in [-0.25, -0.2) is 0 Å². The molecule has 0 saturated carbocycles. The summed E-state index contributed by atoms with van der Waals surface area (Å²) in [6, 6.07) is 0.612. The van der Waals surface area contributed by atoms with Crippen molar-refractivity contribution in [3.8, 4) is 0 Å². The Balaban J connectivity index is 2.72. The topological polar surface area (TPSA) is 42.4 Å². The Hall–Kier alpha value is -1.01. The number of likely N-dealkylation sites (N-methyl/N-ethyl adjacent to an activating group) is 1. The molecule has 16 heavy (non-hydrogen) atoms. The normalized spacial score (nSPS) is 16.4. The molecule has 0 fully saturated rings. The van der Waals surface area contributed by atoms with Gasteiger partial charge < -0.3 is 10.2 Å². The summed E-state index contributed by atoms with van der Waals surface area (Å²) in [5.41, 5.74) is 5.36. The first-order chi connectivity index (χ1) is 7.32. The minimum absolute atomic E-state index is 0.0821. The van der Waals surface area contributed by atoms with Crippen LogP contribution in [0.1, 0.15) is 12.7 Å². The van der Waals surface area contributed by atoms with E-state index in [0.29, 0.717) is 5.76 Å². The van der Waals surface area contributed by atoms with Crippen molar-refractivity contribution in [2.45, 2.75) is 31.7 Å². The highest BCUT2D eigenvalue weighted by atomic mass is 19.4. The molecule has 0 aliphatic carbocycles. The Morgan fingerprint density at radius 3 is 2.50 bits per heavy atom. The quantitative estimate of drug-likeness (QED) is 0.869. The van der Waals surface area contributed by atoms with E-state index in [2.05, 4.69) is 0 Å². The van der Waals surface area contributed by atoms with Crippen molar-refractivity contribution >= 4 is 0 Å². The largest absolute Gasteiger partial charge is 0.468 e. The minimum Gasteiger partial charge on any atom is -0.468 e. The third-order valence-electron chi connectivity index (χ3n) is 2.29. The molecule has 0 aliphatic heterocycles. The van der Waals surface area contributed by atoms with Gasteiger partial charge in [-0.05, 0) is 26.1 Å². The molecule has 1 aromatic rings. The number of nitrogens with two attached hydrogens (primary N) is 1. The summed E-state index contributed by atoms with van der Waals surface area (Å²) in [4.78, 5) is 1.14. The first-order valence-electron chi connectivity index (χ1n) is 4.87. The number of furan rings is 1. The van der Waals surface area contributed by atoms with Crippen LogP contribution in [0.3, 0.4) is 0 Å². The fourth-order valence-electron chi connectivity index (χ4n) is 1.70. The van der Waals surface area contributed by atoms with E-state index >= 15 is 0 Å². The summed E-state index contributed by atoms with van der Waals surface area (Å²) < 4.78 is 43.1. The van der Waals surface area contributed by atoms with Gasteiger partial charge in [-0.15, -0.1) is 0 Å². The zero-order valence-corrected chi connectivity index (χ0v) is 9.16. The van der Waals surface area contributed by atoms with Gasteiger partial charge in [0.05, 0.1) is 12.8 Å². The molecule has 2 unspecified atom stereocenters. The SMILES string of the molecule is CC(N)C(N(C)Cc1ccco1)C(F)(F)F. The van der Waals surface area contributed by atoms with E-state index in [0.717, 1.165) is 4.90 Å². The summed E-state index contributed by atoms with van der Waals surface area (Å²) in [6.45, 7) is 1.43. The number of hydrogen-bond donors (Lipinski definition) is 1. The molecule has 0 saturated heterocycles. The summed E-state index contributed by atoms with van der Waals surface area (Å²) >= 11 is 0. The Kier molecular flexibility index (Phi) is 3.98. The lowest BCUT2D eigenvalue weighted by atomic mass is 10.1. The van der Waals surface area contributed by atoms with Gasteiger partial charge in [-0.1, -0.05) is 0 Å². The van der Waals surface area contributed by atoms with E-state index in [1.165, 1.54) is 20.2 Å². The van der Waals surface area contributed by atoms with E-state index in [4.69, 9.17) is 10.2 Å². The summed E-state index contributed by atoms with van der Waals surface area (Å²) in [5, 5.41) is 0. The molecule has 1 aromatic heterocycles. The molecule has 1 heterocycles. The predicted octanol–water partition coefficient (Wildman–Crippen LogP) is 1.99. The maximum atomic E-state index is 12.7. The molecule has 2 N–H and O–H groups in total. The van der Waals surface area contributed by atoms with Gasteiger partial charge in [0.1, 0.15) is 11.8 Å². The lowest BCUT2D eigenvalue weighted by Crippen LogP contribution is -2.53. The highest BCUT2D eigenvalue weighted by Crippen LogP contribution is 2.26. The zero-order valence-electron chi connectivity index (χ0n) is 9.16. The van der Waals surface area contributed by atoms with Crippen molar-refractivity contribution in [2.75, 3.05) is 7.05 Å². The van der Waals surface area contributed by atoms with Crippen LogP contribution < -0.4 is 5.73 Å². The molecule has 0 amide bonds. The van der Waals surface area contributed by atoms with Crippen LogP contribution in [-0.4, -0.2) is 30.2 Å². The van der Waals surface area contributed by atoms with Crippen LogP contribution in [0.2, 0.25) is 0 Å². The van der Waals surface area contributed by atoms with Gasteiger partial charge in [0, 0.05) is 6.04 Å². The van der Waals surface area contributed by atoms with Gasteiger partial charge in [0.2, 0.25) is 0 Å². The van der Waals surface area contributed by atoms with Crippen LogP contribution in [0, 0.1) is 0 Å². The average Bonchev–Trinajstić information content (AvgIpc) is 2.52. The Bertz CT molecular complexity index is 308. The fourth-order valence-corrected chi connectivity index (χ4v) is 1.70. The Labute approximate surface area is 92.0 Å². The highest BCUT2D eigenvalue weighted by molar-refractivity contribution is 4.99. The predicted molar refractivity (Wildman–Crippen MR) is 53.7 cm³/mol. The van der Waals surface area contributed by atoms with E-state index in [-0.39, 0.29) is 6.54 Å². The maximum absolute atomic E-state index is 12.7. The van der Waals surface area contributed by atoms with E-state index < -0.39 is 18.3 Å². The highest BCUT2D eigenvalue weighted by Gasteiger charge is 2.44. The van der Waals surface area contributed by atoms with Crippen molar-refractivity contribution in [2.24, 2.45) is 5.73 Å². The van der Waals surface area contributed by atoms with Crippen molar-refractivity contribution in [1.82, 2.24) is 4.90 Å². The number of hydrogen-bond acceptors (Lipinski definition) is 3. The molecule has 0 radical (unpaired) electrons. The van der Waals surface area contributed by atoms with E-state index in [9.17, 15) is 13.2 Å². The molecule has 0 spiro atoms. The molecule has 2 atom stereocenters. The van der Waals surface area contributed by atoms with Crippen molar-refractivity contribution < 1.29 is 17.6 Å². The number of rotatable bonds is 4. The Morgan fingerprint density at radius 1 is 1.50 bits per heavy atom. The van der Waals surface area contributed by atoms with Crippen LogP contribution in [0.4, 0.5) is 13.2 Å². The van der Waals surface area contributed by atoms with Crippen LogP contribution >= 0.6 is 0 Å². The van der Waals surface area contributed by atoms with E-state index in [1.807, 2.05) is 0 Å². The molecular weight excluding hydrogens is 221 g/mol. The number of nitrogens with zero attached hydrogens (tertiary/aromatic N) is 1. The molecule has 0 aliphatic rings. The maximum Gasteiger partial charge on any atom is 0.405 e. The van der Waals surface area contributed by atoms with Crippen molar-refractivity contribution in [1.29, 1.82) is 0 Å². The number of halogens is 3. The minimum atomic E-state index is -4.34. The molecule has 6 heteroatoms. The van der Waals surface area contributed by atoms with Crippen LogP contribution in [0.15, 0.2) is 22.8 Å². The zero-order chi connectivity index (χ0) is 12.3. The van der Waals surface area contributed by atoms with Crippen LogP contribution in [0.5, 0.6) is 0 Å². The third kappa shape index (κ3) is 3.24. The second-order valence-electron chi connectivity index (χ2n) is 3.84. The Morgan fingerprint density at radius 2 is 2.12 bits per heavy atom. The number of alkyl halides is 3. The molecule has 3 nitrogen and oxygen atoms in total. The lowest BCUT2D eigenvalue weighted by Gasteiger charge is -2.31. The molecule has 1 rings (SSSR count). The first-order valence-corrected chi connectivity index (χ1v) is 4.87. The molecule has 92 valence electrons. The molecule has 0 bridgehead atoms. The monoisotopic (exact) mass is 236 g/mol. The molecule has 0 aromatic carbocycles. The second kappa shape index (κ2) is 4.88. The smallest absolute Gasteiger partial charge is 0.405 e. The second-order valence-corrected chi connectivity index (χ2v) is 3.84. The van der Waals surface area contributed by atoms with Crippen molar-refractivity contribution in [3.63, 3.8) is 0 Å². The van der Waals surface area contributed by atoms with Gasteiger partial charge in [-0.3, -0.25) is 4.90 Å². The lowest BCUT2D eigenvalue weighted by molar-refractivity contribution is -0.186. The van der Waals surface area contributed by atoms with Crippen LogP contribution in [0.25, 0.3) is 0 Å².